The molecule has 44 heavy (non-hydrogen) atoms. The molecule has 6 rings (SSSR count). The molecule has 1 aromatic heterocycles. The normalized spacial score (nSPS) is 23.2. The number of pyridine rings is 1. The van der Waals surface area contributed by atoms with Gasteiger partial charge in [-0.1, -0.05) is 30.3 Å². The summed E-state index contributed by atoms with van der Waals surface area (Å²) in [7, 11) is 0. The Kier molecular flexibility index (Phi) is 8.25. The Labute approximate surface area is 253 Å². The number of urea groups is 1. The van der Waals surface area contributed by atoms with E-state index in [0.717, 1.165) is 41.4 Å². The fraction of sp³-hybridized carbons (Fsp3) is 0.375. The highest BCUT2D eigenvalue weighted by atomic mass is 16.3. The summed E-state index contributed by atoms with van der Waals surface area (Å²) in [5.41, 5.74) is 1.45. The molecule has 3 aromatic rings. The standard InChI is InChI=1S/C32H34N6O6/c39-27-12-11-26(29(41)37-27)38-30(42)23-10-9-20(13-24(23)31(38)43)28(40)34-14-18-5-7-19(8-6-18)15-35-32(44)36-25-17-33-16-21-3-1-2-4-22(21)25/h1-4,9-10,13,16-19,26,30,42H,5-8,11-12,14-15H2,(H,34,40)(H2,35,36,44)(H,37,39,41). The van der Waals surface area contributed by atoms with Crippen LogP contribution in [-0.2, 0) is 9.59 Å². The molecular formula is C32H34N6O6. The monoisotopic (exact) mass is 598 g/mol. The Hall–Kier alpha value is -4.84. The fourth-order valence-corrected chi connectivity index (χ4v) is 6.37. The third-order valence-corrected chi connectivity index (χ3v) is 8.85. The minimum absolute atomic E-state index is 0.0779. The number of nitrogens with one attached hydrogen (secondary N) is 4. The number of fused-ring (bicyclic) bond motifs is 2. The molecule has 2 aromatic carbocycles. The number of hydrogen-bond acceptors (Lipinski definition) is 7. The Morgan fingerprint density at radius 1 is 0.932 bits per heavy atom. The third-order valence-electron chi connectivity index (χ3n) is 8.85. The Morgan fingerprint density at radius 3 is 2.41 bits per heavy atom. The van der Waals surface area contributed by atoms with Gasteiger partial charge in [-0.15, -0.1) is 0 Å². The van der Waals surface area contributed by atoms with Crippen molar-refractivity contribution in [1.82, 2.24) is 25.8 Å². The van der Waals surface area contributed by atoms with Gasteiger partial charge in [-0.3, -0.25) is 34.4 Å². The van der Waals surface area contributed by atoms with Gasteiger partial charge in [0, 0.05) is 53.2 Å². The molecule has 0 bridgehead atoms. The lowest BCUT2D eigenvalue weighted by atomic mass is 9.82. The minimum Gasteiger partial charge on any atom is -0.369 e. The summed E-state index contributed by atoms with van der Waals surface area (Å²) in [5, 5.41) is 23.7. The van der Waals surface area contributed by atoms with Gasteiger partial charge in [-0.2, -0.15) is 0 Å². The first-order valence-electron chi connectivity index (χ1n) is 14.9. The lowest BCUT2D eigenvalue weighted by Crippen LogP contribution is -2.53. The van der Waals surface area contributed by atoms with Crippen molar-refractivity contribution < 1.29 is 29.1 Å². The summed E-state index contributed by atoms with van der Waals surface area (Å²) in [4.78, 5) is 67.7. The summed E-state index contributed by atoms with van der Waals surface area (Å²) in [6.07, 6.45) is 5.96. The molecule has 0 spiro atoms. The van der Waals surface area contributed by atoms with E-state index >= 15 is 0 Å². The molecule has 12 heteroatoms. The summed E-state index contributed by atoms with van der Waals surface area (Å²) in [5.74, 6) is -1.26. The van der Waals surface area contributed by atoms with Crippen LogP contribution in [0.5, 0.6) is 0 Å². The molecule has 2 atom stereocenters. The Balaban J connectivity index is 0.958. The Morgan fingerprint density at radius 2 is 1.66 bits per heavy atom. The van der Waals surface area contributed by atoms with Gasteiger partial charge in [0.2, 0.25) is 11.8 Å². The fourth-order valence-electron chi connectivity index (χ4n) is 6.37. The predicted molar refractivity (Wildman–Crippen MR) is 160 cm³/mol. The van der Waals surface area contributed by atoms with Crippen molar-refractivity contribution >= 4 is 46.1 Å². The SMILES string of the molecule is O=C1CCC(N2C(=O)c3cc(C(=O)NCC4CCC(CNC(=O)Nc5cncc6ccccc56)CC4)ccc3C2O)C(=O)N1. The molecule has 3 heterocycles. The number of carbonyl (C=O) groups is 5. The van der Waals surface area contributed by atoms with E-state index in [2.05, 4.69) is 26.3 Å². The number of amides is 6. The maximum absolute atomic E-state index is 13.1. The number of anilines is 1. The summed E-state index contributed by atoms with van der Waals surface area (Å²) in [6, 6.07) is 11.1. The average molecular weight is 599 g/mol. The molecule has 1 saturated heterocycles. The van der Waals surface area contributed by atoms with Gasteiger partial charge >= 0.3 is 6.03 Å². The largest absolute Gasteiger partial charge is 0.369 e. The first-order valence-corrected chi connectivity index (χ1v) is 14.9. The van der Waals surface area contributed by atoms with Gasteiger partial charge in [-0.25, -0.2) is 4.79 Å². The molecule has 2 unspecified atom stereocenters. The second-order valence-corrected chi connectivity index (χ2v) is 11.7. The number of aromatic nitrogens is 1. The molecule has 5 N–H and O–H groups in total. The van der Waals surface area contributed by atoms with Gasteiger partial charge in [0.15, 0.2) is 6.23 Å². The highest BCUT2D eigenvalue weighted by Crippen LogP contribution is 2.36. The molecule has 228 valence electrons. The van der Waals surface area contributed by atoms with Gasteiger partial charge in [0.05, 0.1) is 11.9 Å². The van der Waals surface area contributed by atoms with Crippen LogP contribution < -0.4 is 21.3 Å². The van der Waals surface area contributed by atoms with Crippen LogP contribution in [0.15, 0.2) is 54.9 Å². The van der Waals surface area contributed by atoms with Crippen molar-refractivity contribution in [3.63, 3.8) is 0 Å². The highest BCUT2D eigenvalue weighted by molar-refractivity contribution is 6.07. The van der Waals surface area contributed by atoms with E-state index < -0.39 is 30.0 Å². The van der Waals surface area contributed by atoms with E-state index in [4.69, 9.17) is 0 Å². The van der Waals surface area contributed by atoms with Crippen molar-refractivity contribution in [3.8, 4) is 0 Å². The highest BCUT2D eigenvalue weighted by Gasteiger charge is 2.44. The van der Waals surface area contributed by atoms with Crippen LogP contribution in [0.2, 0.25) is 0 Å². The van der Waals surface area contributed by atoms with Gasteiger partial charge in [0.1, 0.15) is 6.04 Å². The number of piperidine rings is 1. The van der Waals surface area contributed by atoms with Crippen LogP contribution in [-0.4, -0.2) is 63.8 Å². The van der Waals surface area contributed by atoms with E-state index in [1.165, 1.54) is 12.1 Å². The number of carbonyl (C=O) groups excluding carboxylic acids is 5. The lowest BCUT2D eigenvalue weighted by molar-refractivity contribution is -0.139. The van der Waals surface area contributed by atoms with E-state index in [-0.39, 0.29) is 30.3 Å². The smallest absolute Gasteiger partial charge is 0.319 e. The quantitative estimate of drug-likeness (QED) is 0.260. The molecule has 2 aliphatic heterocycles. The van der Waals surface area contributed by atoms with E-state index in [1.807, 2.05) is 24.3 Å². The summed E-state index contributed by atoms with van der Waals surface area (Å²) < 4.78 is 0. The molecule has 6 amide bonds. The molecule has 3 aliphatic rings. The van der Waals surface area contributed by atoms with Crippen LogP contribution in [0, 0.1) is 11.8 Å². The number of hydrogen-bond donors (Lipinski definition) is 5. The molecular weight excluding hydrogens is 564 g/mol. The second kappa shape index (κ2) is 12.4. The van der Waals surface area contributed by atoms with Gasteiger partial charge < -0.3 is 21.1 Å². The van der Waals surface area contributed by atoms with Crippen LogP contribution in [0.3, 0.4) is 0 Å². The van der Waals surface area contributed by atoms with Gasteiger partial charge in [-0.05, 0) is 56.1 Å². The maximum Gasteiger partial charge on any atom is 0.319 e. The second-order valence-electron chi connectivity index (χ2n) is 11.7. The first kappa shape index (κ1) is 29.2. The van der Waals surface area contributed by atoms with Crippen LogP contribution in [0.4, 0.5) is 10.5 Å². The number of aliphatic hydroxyl groups excluding tert-OH is 1. The van der Waals surface area contributed by atoms with Crippen molar-refractivity contribution in [2.45, 2.75) is 50.8 Å². The molecule has 1 saturated carbocycles. The van der Waals surface area contributed by atoms with Crippen LogP contribution >= 0.6 is 0 Å². The average Bonchev–Trinajstić information content (AvgIpc) is 3.28. The zero-order valence-electron chi connectivity index (χ0n) is 24.0. The zero-order valence-corrected chi connectivity index (χ0v) is 24.0. The van der Waals surface area contributed by atoms with E-state index in [9.17, 15) is 29.1 Å². The maximum atomic E-state index is 13.1. The number of aliphatic hydroxyl groups is 1. The molecule has 1 aliphatic carbocycles. The minimum atomic E-state index is -1.33. The predicted octanol–water partition coefficient (Wildman–Crippen LogP) is 2.84. The van der Waals surface area contributed by atoms with Crippen LogP contribution in [0.25, 0.3) is 10.8 Å². The molecule has 2 fully saturated rings. The van der Waals surface area contributed by atoms with Crippen molar-refractivity contribution in [2.24, 2.45) is 11.8 Å². The summed E-state index contributed by atoms with van der Waals surface area (Å²) in [6.45, 7) is 1.05. The Bertz CT molecular complexity index is 1630. The van der Waals surface area contributed by atoms with Crippen molar-refractivity contribution in [2.75, 3.05) is 18.4 Å². The number of nitrogens with zero attached hydrogens (tertiary/aromatic N) is 2. The molecule has 12 nitrogen and oxygen atoms in total. The number of benzene rings is 2. The topological polar surface area (TPSA) is 170 Å². The third kappa shape index (κ3) is 5.98. The van der Waals surface area contributed by atoms with E-state index in [0.29, 0.717) is 41.7 Å². The first-order chi connectivity index (χ1) is 21.3. The molecule has 0 radical (unpaired) electrons. The van der Waals surface area contributed by atoms with E-state index in [1.54, 1.807) is 18.5 Å². The van der Waals surface area contributed by atoms with Gasteiger partial charge in [0.25, 0.3) is 11.8 Å². The van der Waals surface area contributed by atoms with Crippen molar-refractivity contribution in [3.05, 3.63) is 71.5 Å². The summed E-state index contributed by atoms with van der Waals surface area (Å²) >= 11 is 0. The number of imide groups is 1. The van der Waals surface area contributed by atoms with Crippen molar-refractivity contribution in [1.29, 1.82) is 0 Å². The number of rotatable bonds is 7. The lowest BCUT2D eigenvalue weighted by Gasteiger charge is -2.31. The zero-order chi connectivity index (χ0) is 30.8. The van der Waals surface area contributed by atoms with Crippen LogP contribution in [0.1, 0.15) is 71.0 Å².